The predicted octanol–water partition coefficient (Wildman–Crippen LogP) is 2.52. The molecule has 2 atom stereocenters. The molecule has 0 aromatic carbocycles. The van der Waals surface area contributed by atoms with Gasteiger partial charge in [-0.3, -0.25) is 4.90 Å². The maximum absolute atomic E-state index is 6.32. The van der Waals surface area contributed by atoms with Crippen molar-refractivity contribution in [3.63, 3.8) is 0 Å². The van der Waals surface area contributed by atoms with E-state index in [0.29, 0.717) is 12.1 Å². The minimum Gasteiger partial charge on any atom is -0.326 e. The molecular weight excluding hydrogens is 184 g/mol. The highest BCUT2D eigenvalue weighted by molar-refractivity contribution is 4.85. The maximum Gasteiger partial charge on any atom is 0.0247 e. The van der Waals surface area contributed by atoms with E-state index < -0.39 is 0 Å². The fourth-order valence-electron chi connectivity index (χ4n) is 3.20. The molecule has 2 nitrogen and oxygen atoms in total. The lowest BCUT2D eigenvalue weighted by atomic mass is 10.0. The van der Waals surface area contributed by atoms with Crippen molar-refractivity contribution in [2.75, 3.05) is 13.1 Å². The van der Waals surface area contributed by atoms with E-state index in [1.807, 2.05) is 0 Å². The van der Waals surface area contributed by atoms with Crippen molar-refractivity contribution in [2.24, 2.45) is 5.73 Å². The minimum atomic E-state index is 0.450. The average Bonchev–Trinajstić information content (AvgIpc) is 2.59. The van der Waals surface area contributed by atoms with Gasteiger partial charge in [0.25, 0.3) is 0 Å². The molecule has 2 heteroatoms. The zero-order valence-corrected chi connectivity index (χ0v) is 9.96. The highest BCUT2D eigenvalue weighted by Gasteiger charge is 2.26. The van der Waals surface area contributed by atoms with Crippen molar-refractivity contribution in [3.05, 3.63) is 0 Å². The third kappa shape index (κ3) is 3.18. The predicted molar refractivity (Wildman–Crippen MR) is 64.9 cm³/mol. The number of likely N-dealkylation sites (tertiary alicyclic amines) is 1. The number of nitrogens with two attached hydrogens (primary N) is 1. The van der Waals surface area contributed by atoms with Gasteiger partial charge in [-0.2, -0.15) is 0 Å². The highest BCUT2D eigenvalue weighted by atomic mass is 15.2. The van der Waals surface area contributed by atoms with E-state index >= 15 is 0 Å². The minimum absolute atomic E-state index is 0.450. The summed E-state index contributed by atoms with van der Waals surface area (Å²) in [4.78, 5) is 2.70. The summed E-state index contributed by atoms with van der Waals surface area (Å²) in [6, 6.07) is 1.15. The molecule has 1 aliphatic carbocycles. The van der Waals surface area contributed by atoms with E-state index in [-0.39, 0.29) is 0 Å². The second-order valence-electron chi connectivity index (χ2n) is 5.32. The maximum atomic E-state index is 6.32. The lowest BCUT2D eigenvalue weighted by Crippen LogP contribution is -2.47. The second kappa shape index (κ2) is 5.86. The zero-order valence-electron chi connectivity index (χ0n) is 9.96. The summed E-state index contributed by atoms with van der Waals surface area (Å²) in [6.45, 7) is 2.61. The molecule has 2 unspecified atom stereocenters. The van der Waals surface area contributed by atoms with Crippen LogP contribution in [-0.2, 0) is 0 Å². The molecule has 0 bridgehead atoms. The Balaban J connectivity index is 1.92. The van der Waals surface area contributed by atoms with E-state index in [1.54, 1.807) is 0 Å². The van der Waals surface area contributed by atoms with Crippen molar-refractivity contribution in [3.8, 4) is 0 Å². The summed E-state index contributed by atoms with van der Waals surface area (Å²) >= 11 is 0. The zero-order chi connectivity index (χ0) is 10.5. The third-order valence-corrected chi connectivity index (χ3v) is 4.14. The molecule has 1 saturated heterocycles. The first-order valence-electron chi connectivity index (χ1n) is 6.87. The van der Waals surface area contributed by atoms with Crippen molar-refractivity contribution >= 4 is 0 Å². The Bertz CT molecular complexity index is 173. The quantitative estimate of drug-likeness (QED) is 0.674. The van der Waals surface area contributed by atoms with Gasteiger partial charge in [-0.1, -0.05) is 32.1 Å². The first-order chi connectivity index (χ1) is 7.38. The Morgan fingerprint density at radius 1 is 0.733 bits per heavy atom. The normalized spacial score (nSPS) is 35.8. The van der Waals surface area contributed by atoms with Crippen LogP contribution in [0.3, 0.4) is 0 Å². The molecule has 2 fully saturated rings. The molecule has 1 heterocycles. The SMILES string of the molecule is NC1CCCCCC1N1CCCCCC1. The molecule has 0 aromatic heterocycles. The Labute approximate surface area is 94.2 Å². The van der Waals surface area contributed by atoms with Gasteiger partial charge in [0.05, 0.1) is 0 Å². The van der Waals surface area contributed by atoms with Gasteiger partial charge in [-0.25, -0.2) is 0 Å². The standard InChI is InChI=1S/C13H26N2/c14-12-8-4-3-5-9-13(12)15-10-6-1-2-7-11-15/h12-13H,1-11,14H2. The average molecular weight is 210 g/mol. The molecular formula is C13H26N2. The summed E-state index contributed by atoms with van der Waals surface area (Å²) in [5, 5.41) is 0. The van der Waals surface area contributed by atoms with Gasteiger partial charge in [-0.15, -0.1) is 0 Å². The molecule has 1 saturated carbocycles. The fraction of sp³-hybridized carbons (Fsp3) is 1.00. The van der Waals surface area contributed by atoms with Crippen LogP contribution in [0.5, 0.6) is 0 Å². The molecule has 2 N–H and O–H groups in total. The Hall–Kier alpha value is -0.0800. The van der Waals surface area contributed by atoms with Gasteiger partial charge in [0.2, 0.25) is 0 Å². The van der Waals surface area contributed by atoms with Gasteiger partial charge < -0.3 is 5.73 Å². The van der Waals surface area contributed by atoms with Crippen molar-refractivity contribution in [2.45, 2.75) is 69.9 Å². The van der Waals surface area contributed by atoms with Gasteiger partial charge in [-0.05, 0) is 38.8 Å². The topological polar surface area (TPSA) is 29.3 Å². The smallest absolute Gasteiger partial charge is 0.0247 e. The van der Waals surface area contributed by atoms with Crippen LogP contribution in [0.15, 0.2) is 0 Å². The van der Waals surface area contributed by atoms with Crippen molar-refractivity contribution in [1.82, 2.24) is 4.90 Å². The first kappa shape index (κ1) is 11.4. The molecule has 0 aromatic rings. The van der Waals surface area contributed by atoms with Crippen LogP contribution >= 0.6 is 0 Å². The second-order valence-corrected chi connectivity index (χ2v) is 5.32. The molecule has 15 heavy (non-hydrogen) atoms. The molecule has 88 valence electrons. The van der Waals surface area contributed by atoms with E-state index in [4.69, 9.17) is 5.73 Å². The van der Waals surface area contributed by atoms with Crippen LogP contribution in [-0.4, -0.2) is 30.1 Å². The highest BCUT2D eigenvalue weighted by Crippen LogP contribution is 2.23. The molecule has 2 rings (SSSR count). The first-order valence-corrected chi connectivity index (χ1v) is 6.87. The van der Waals surface area contributed by atoms with Crippen molar-refractivity contribution < 1.29 is 0 Å². The van der Waals surface area contributed by atoms with Crippen LogP contribution in [0.2, 0.25) is 0 Å². The lowest BCUT2D eigenvalue weighted by molar-refractivity contribution is 0.168. The Morgan fingerprint density at radius 2 is 1.33 bits per heavy atom. The fourth-order valence-corrected chi connectivity index (χ4v) is 3.20. The Morgan fingerprint density at radius 3 is 2.07 bits per heavy atom. The number of hydrogen-bond acceptors (Lipinski definition) is 2. The summed E-state index contributed by atoms with van der Waals surface area (Å²) in [6.07, 6.45) is 12.4. The third-order valence-electron chi connectivity index (χ3n) is 4.14. The number of hydrogen-bond donors (Lipinski definition) is 1. The van der Waals surface area contributed by atoms with E-state index in [1.165, 1.54) is 70.9 Å². The summed E-state index contributed by atoms with van der Waals surface area (Å²) in [5.74, 6) is 0. The van der Waals surface area contributed by atoms with Crippen LogP contribution in [0.4, 0.5) is 0 Å². The van der Waals surface area contributed by atoms with Crippen LogP contribution in [0.1, 0.15) is 57.8 Å². The Kier molecular flexibility index (Phi) is 4.45. The molecule has 0 amide bonds. The van der Waals surface area contributed by atoms with E-state index in [2.05, 4.69) is 4.90 Å². The lowest BCUT2D eigenvalue weighted by Gasteiger charge is -2.33. The summed E-state index contributed by atoms with van der Waals surface area (Å²) < 4.78 is 0. The van der Waals surface area contributed by atoms with Crippen LogP contribution < -0.4 is 5.73 Å². The summed E-state index contributed by atoms with van der Waals surface area (Å²) in [7, 11) is 0. The van der Waals surface area contributed by atoms with Gasteiger partial charge in [0, 0.05) is 12.1 Å². The molecule has 1 aliphatic heterocycles. The van der Waals surface area contributed by atoms with Crippen LogP contribution in [0.25, 0.3) is 0 Å². The monoisotopic (exact) mass is 210 g/mol. The van der Waals surface area contributed by atoms with E-state index in [0.717, 1.165) is 0 Å². The number of rotatable bonds is 1. The van der Waals surface area contributed by atoms with Gasteiger partial charge in [0.1, 0.15) is 0 Å². The van der Waals surface area contributed by atoms with Crippen molar-refractivity contribution in [1.29, 1.82) is 0 Å². The number of nitrogens with zero attached hydrogens (tertiary/aromatic N) is 1. The summed E-state index contributed by atoms with van der Waals surface area (Å²) in [5.41, 5.74) is 6.32. The van der Waals surface area contributed by atoms with Crippen LogP contribution in [0, 0.1) is 0 Å². The molecule has 0 radical (unpaired) electrons. The van der Waals surface area contributed by atoms with E-state index in [9.17, 15) is 0 Å². The van der Waals surface area contributed by atoms with Gasteiger partial charge in [0.15, 0.2) is 0 Å². The largest absolute Gasteiger partial charge is 0.326 e. The van der Waals surface area contributed by atoms with Gasteiger partial charge >= 0.3 is 0 Å². The molecule has 2 aliphatic rings. The molecule has 0 spiro atoms.